The second kappa shape index (κ2) is 12.0. The number of nitrogens with one attached hydrogen (secondary N) is 1. The van der Waals surface area contributed by atoms with Crippen LogP contribution in [0.1, 0.15) is 29.5 Å². The maximum atomic E-state index is 13.2. The molecule has 174 valence electrons. The molecule has 1 heterocycles. The number of nitrogens with zero attached hydrogens (tertiary/aromatic N) is 1. The van der Waals surface area contributed by atoms with Gasteiger partial charge in [0.1, 0.15) is 0 Å². The summed E-state index contributed by atoms with van der Waals surface area (Å²) in [5.41, 5.74) is 3.71. The molecule has 0 spiro atoms. The molecule has 3 aromatic carbocycles. The Kier molecular flexibility index (Phi) is 8.25. The van der Waals surface area contributed by atoms with Crippen LogP contribution in [0.15, 0.2) is 91.0 Å². The van der Waals surface area contributed by atoms with Crippen LogP contribution in [0.3, 0.4) is 0 Å². The fraction of sp³-hybridized carbons (Fsp3) is 0.241. The van der Waals surface area contributed by atoms with Gasteiger partial charge in [-0.2, -0.15) is 0 Å². The Morgan fingerprint density at radius 3 is 2.29 bits per heavy atom. The molecule has 1 fully saturated rings. The molecule has 4 rings (SSSR count). The van der Waals surface area contributed by atoms with Gasteiger partial charge in [0.25, 0.3) is 5.91 Å². The van der Waals surface area contributed by atoms with Gasteiger partial charge >= 0.3 is 0 Å². The molecule has 1 atom stereocenters. The predicted octanol–water partition coefficient (Wildman–Crippen LogP) is 4.77. The van der Waals surface area contributed by atoms with E-state index in [0.717, 1.165) is 41.8 Å². The molecule has 1 aliphatic rings. The molecule has 1 N–H and O–H groups in total. The van der Waals surface area contributed by atoms with Gasteiger partial charge < -0.3 is 15.0 Å². The monoisotopic (exact) mass is 454 g/mol. The first-order valence-corrected chi connectivity index (χ1v) is 11.7. The summed E-state index contributed by atoms with van der Waals surface area (Å²) in [7, 11) is 0. The molecule has 5 nitrogen and oxygen atoms in total. The molecule has 0 aliphatic carbocycles. The van der Waals surface area contributed by atoms with Crippen LogP contribution in [0, 0.1) is 0 Å². The lowest BCUT2D eigenvalue weighted by atomic mass is 10.1. The Balaban J connectivity index is 1.43. The number of rotatable bonds is 9. The minimum atomic E-state index is -0.102. The van der Waals surface area contributed by atoms with E-state index in [-0.39, 0.29) is 17.9 Å². The zero-order chi connectivity index (χ0) is 23.6. The van der Waals surface area contributed by atoms with Crippen molar-refractivity contribution in [3.63, 3.8) is 0 Å². The van der Waals surface area contributed by atoms with Gasteiger partial charge in [0, 0.05) is 24.9 Å². The first-order valence-electron chi connectivity index (χ1n) is 11.7. The quantitative estimate of drug-likeness (QED) is 0.474. The number of carbonyl (C=O) groups is 2. The fourth-order valence-corrected chi connectivity index (χ4v) is 3.96. The molecule has 0 bridgehead atoms. The average molecular weight is 455 g/mol. The summed E-state index contributed by atoms with van der Waals surface area (Å²) >= 11 is 0. The van der Waals surface area contributed by atoms with Crippen LogP contribution in [0.5, 0.6) is 0 Å². The van der Waals surface area contributed by atoms with Gasteiger partial charge in [0.15, 0.2) is 0 Å². The minimum absolute atomic E-state index is 0.0220. The number of anilines is 1. The van der Waals surface area contributed by atoms with Gasteiger partial charge in [0.05, 0.1) is 19.1 Å². The number of hydrogen-bond donors (Lipinski definition) is 1. The van der Waals surface area contributed by atoms with E-state index in [1.54, 1.807) is 11.0 Å². The lowest BCUT2D eigenvalue weighted by molar-refractivity contribution is -0.121. The van der Waals surface area contributed by atoms with Gasteiger partial charge in [-0.3, -0.25) is 9.59 Å². The van der Waals surface area contributed by atoms with Crippen molar-refractivity contribution >= 4 is 23.6 Å². The second-order valence-electron chi connectivity index (χ2n) is 8.44. The van der Waals surface area contributed by atoms with Crippen molar-refractivity contribution in [1.82, 2.24) is 5.32 Å². The number of benzene rings is 3. The summed E-state index contributed by atoms with van der Waals surface area (Å²) in [5, 5.41) is 2.96. The summed E-state index contributed by atoms with van der Waals surface area (Å²) in [5.74, 6) is -0.124. The van der Waals surface area contributed by atoms with Crippen molar-refractivity contribution in [1.29, 1.82) is 0 Å². The third-order valence-electron chi connectivity index (χ3n) is 5.83. The van der Waals surface area contributed by atoms with Crippen LogP contribution in [-0.4, -0.2) is 31.1 Å². The van der Waals surface area contributed by atoms with E-state index in [1.807, 2.05) is 91.0 Å². The maximum Gasteiger partial charge on any atom is 0.251 e. The van der Waals surface area contributed by atoms with Crippen molar-refractivity contribution in [2.45, 2.75) is 31.9 Å². The van der Waals surface area contributed by atoms with E-state index in [0.29, 0.717) is 19.5 Å². The molecule has 5 heteroatoms. The second-order valence-corrected chi connectivity index (χ2v) is 8.44. The highest BCUT2D eigenvalue weighted by atomic mass is 16.5. The highest BCUT2D eigenvalue weighted by Gasteiger charge is 2.17. The highest BCUT2D eigenvalue weighted by Crippen LogP contribution is 2.20. The van der Waals surface area contributed by atoms with Gasteiger partial charge in [-0.1, -0.05) is 72.8 Å². The molecule has 3 aromatic rings. The summed E-state index contributed by atoms with van der Waals surface area (Å²) in [6, 6.07) is 27.3. The Morgan fingerprint density at radius 2 is 1.62 bits per heavy atom. The smallest absolute Gasteiger partial charge is 0.251 e. The molecule has 0 radical (unpaired) electrons. The average Bonchev–Trinajstić information content (AvgIpc) is 3.40. The van der Waals surface area contributed by atoms with E-state index in [4.69, 9.17) is 4.74 Å². The molecule has 1 saturated heterocycles. The van der Waals surface area contributed by atoms with E-state index in [2.05, 4.69) is 5.32 Å². The van der Waals surface area contributed by atoms with Gasteiger partial charge in [-0.25, -0.2) is 0 Å². The molecular weight excluding hydrogens is 424 g/mol. The number of ether oxygens (including phenoxy) is 1. The Labute approximate surface area is 201 Å². The zero-order valence-corrected chi connectivity index (χ0v) is 19.2. The summed E-state index contributed by atoms with van der Waals surface area (Å²) in [6.07, 6.45) is 5.92. The molecule has 0 aromatic heterocycles. The molecule has 2 amide bonds. The molecule has 1 aliphatic heterocycles. The lowest BCUT2D eigenvalue weighted by Gasteiger charge is -2.22. The van der Waals surface area contributed by atoms with Gasteiger partial charge in [-0.05, 0) is 47.7 Å². The van der Waals surface area contributed by atoms with Crippen molar-refractivity contribution in [2.75, 3.05) is 18.1 Å². The summed E-state index contributed by atoms with van der Waals surface area (Å²) in [4.78, 5) is 27.2. The first kappa shape index (κ1) is 23.5. The fourth-order valence-electron chi connectivity index (χ4n) is 3.96. The lowest BCUT2D eigenvalue weighted by Crippen LogP contribution is -2.32. The highest BCUT2D eigenvalue weighted by molar-refractivity contribution is 6.03. The predicted molar refractivity (Wildman–Crippen MR) is 135 cm³/mol. The van der Waals surface area contributed by atoms with Crippen LogP contribution in [0.25, 0.3) is 6.08 Å². The van der Waals surface area contributed by atoms with E-state index >= 15 is 0 Å². The molecule has 1 unspecified atom stereocenters. The third-order valence-corrected chi connectivity index (χ3v) is 5.83. The molecule has 0 saturated carbocycles. The topological polar surface area (TPSA) is 58.6 Å². The molecular formula is C29H30N2O3. The van der Waals surface area contributed by atoms with Crippen molar-refractivity contribution < 1.29 is 14.3 Å². The van der Waals surface area contributed by atoms with Crippen LogP contribution in [-0.2, 0) is 27.3 Å². The van der Waals surface area contributed by atoms with Crippen LogP contribution >= 0.6 is 0 Å². The third kappa shape index (κ3) is 6.90. The Hall–Kier alpha value is -3.70. The first-order chi connectivity index (χ1) is 16.7. The Morgan fingerprint density at radius 1 is 0.912 bits per heavy atom. The largest absolute Gasteiger partial charge is 0.376 e. The van der Waals surface area contributed by atoms with Crippen LogP contribution < -0.4 is 10.2 Å². The van der Waals surface area contributed by atoms with Crippen molar-refractivity contribution in [3.05, 3.63) is 108 Å². The standard InChI is InChI=1S/C29H30N2O3/c32-28(30-21-27-12-7-19-34-27)20-24-13-16-26(17-14-24)31(22-25-10-5-2-6-11-25)29(33)18-15-23-8-3-1-4-9-23/h1-6,8-11,13-18,27H,7,12,19-22H2,(H,30,32)/b18-15+. The maximum absolute atomic E-state index is 13.2. The summed E-state index contributed by atoms with van der Waals surface area (Å²) in [6.45, 7) is 1.80. The van der Waals surface area contributed by atoms with E-state index in [9.17, 15) is 9.59 Å². The van der Waals surface area contributed by atoms with E-state index in [1.165, 1.54) is 0 Å². The minimum Gasteiger partial charge on any atom is -0.376 e. The zero-order valence-electron chi connectivity index (χ0n) is 19.2. The van der Waals surface area contributed by atoms with Crippen molar-refractivity contribution in [2.24, 2.45) is 0 Å². The summed E-state index contributed by atoms with van der Waals surface area (Å²) < 4.78 is 5.56. The van der Waals surface area contributed by atoms with Crippen LogP contribution in [0.2, 0.25) is 0 Å². The van der Waals surface area contributed by atoms with E-state index < -0.39 is 0 Å². The normalized spacial score (nSPS) is 15.4. The SMILES string of the molecule is O=C(Cc1ccc(N(Cc2ccccc2)C(=O)/C=C/c2ccccc2)cc1)NCC1CCCO1. The van der Waals surface area contributed by atoms with Gasteiger partial charge in [0.2, 0.25) is 5.91 Å². The molecule has 34 heavy (non-hydrogen) atoms. The number of amides is 2. The van der Waals surface area contributed by atoms with Crippen LogP contribution in [0.4, 0.5) is 5.69 Å². The number of carbonyl (C=O) groups excluding carboxylic acids is 2. The van der Waals surface area contributed by atoms with Crippen molar-refractivity contribution in [3.8, 4) is 0 Å². The number of hydrogen-bond acceptors (Lipinski definition) is 3. The Bertz CT molecular complexity index is 1090. The van der Waals surface area contributed by atoms with Gasteiger partial charge in [-0.15, -0.1) is 0 Å².